The Bertz CT molecular complexity index is 577. The molecule has 106 valence electrons. The van der Waals surface area contributed by atoms with Crippen LogP contribution in [0.5, 0.6) is 0 Å². The molecule has 0 unspecified atom stereocenters. The first-order valence-electron chi connectivity index (χ1n) is 7.01. The normalized spacial score (nSPS) is 25.7. The van der Waals surface area contributed by atoms with Crippen molar-refractivity contribution in [1.29, 1.82) is 5.26 Å². The van der Waals surface area contributed by atoms with Gasteiger partial charge in [-0.25, -0.2) is 0 Å². The first-order valence-corrected chi connectivity index (χ1v) is 7.01. The van der Waals surface area contributed by atoms with Crippen LogP contribution in [-0.4, -0.2) is 16.4 Å². The topological polar surface area (TPSA) is 85.8 Å². The van der Waals surface area contributed by atoms with Gasteiger partial charge in [0.15, 0.2) is 0 Å². The lowest BCUT2D eigenvalue weighted by molar-refractivity contribution is 0.0886. The monoisotopic (exact) mass is 273 g/mol. The van der Waals surface area contributed by atoms with E-state index in [0.29, 0.717) is 18.8 Å². The fraction of sp³-hybridized carbons (Fsp3) is 0.533. The predicted molar refractivity (Wildman–Crippen MR) is 75.1 cm³/mol. The van der Waals surface area contributed by atoms with Gasteiger partial charge in [0.25, 0.3) is 5.91 Å². The van der Waals surface area contributed by atoms with Crippen LogP contribution in [0.3, 0.4) is 0 Å². The zero-order valence-corrected chi connectivity index (χ0v) is 11.6. The summed E-state index contributed by atoms with van der Waals surface area (Å²) in [4.78, 5) is 25.8. The summed E-state index contributed by atoms with van der Waals surface area (Å²) in [5.74, 6) is 0.254. The number of H-pyrrole nitrogens is 1. The summed E-state index contributed by atoms with van der Waals surface area (Å²) in [7, 11) is 0. The molecule has 1 aliphatic rings. The van der Waals surface area contributed by atoms with Crippen LogP contribution in [0.1, 0.15) is 49.5 Å². The van der Waals surface area contributed by atoms with E-state index < -0.39 is 5.54 Å². The number of hydrogen-bond acceptors (Lipinski definition) is 3. The van der Waals surface area contributed by atoms with Crippen molar-refractivity contribution in [2.45, 2.75) is 44.6 Å². The highest BCUT2D eigenvalue weighted by Gasteiger charge is 2.36. The quantitative estimate of drug-likeness (QED) is 0.882. The second kappa shape index (κ2) is 5.91. The molecule has 0 spiro atoms. The van der Waals surface area contributed by atoms with E-state index in [1.807, 2.05) is 0 Å². The largest absolute Gasteiger partial charge is 0.332 e. The number of amides is 1. The Morgan fingerprint density at radius 3 is 2.75 bits per heavy atom. The molecule has 0 bridgehead atoms. The highest BCUT2D eigenvalue weighted by Crippen LogP contribution is 2.33. The molecule has 1 fully saturated rings. The lowest BCUT2D eigenvalue weighted by Gasteiger charge is -2.35. The predicted octanol–water partition coefficient (Wildman–Crippen LogP) is 1.97. The number of pyridine rings is 1. The second-order valence-electron chi connectivity index (χ2n) is 5.43. The maximum atomic E-state index is 12.1. The van der Waals surface area contributed by atoms with Gasteiger partial charge < -0.3 is 10.3 Å². The fourth-order valence-corrected chi connectivity index (χ4v) is 2.71. The molecule has 2 rings (SSSR count). The molecule has 1 heterocycles. The molecule has 0 atom stereocenters. The van der Waals surface area contributed by atoms with Gasteiger partial charge in [-0.05, 0) is 37.7 Å². The highest BCUT2D eigenvalue weighted by molar-refractivity contribution is 5.93. The van der Waals surface area contributed by atoms with E-state index in [1.165, 1.54) is 12.1 Å². The van der Waals surface area contributed by atoms with Crippen molar-refractivity contribution in [1.82, 2.24) is 10.3 Å². The number of nitriles is 1. The van der Waals surface area contributed by atoms with Crippen molar-refractivity contribution in [2.75, 3.05) is 0 Å². The standard InChI is InChI=1S/C15H19N3O2/c1-2-11-6-8-15(10-16,9-7-11)18-14(20)12-4-3-5-13(19)17-12/h3-5,11H,2,6-9H2,1H3,(H,17,19)(H,18,20). The molecule has 5 nitrogen and oxygen atoms in total. The van der Waals surface area contributed by atoms with Crippen LogP contribution in [0.15, 0.2) is 23.0 Å². The maximum Gasteiger partial charge on any atom is 0.269 e. The number of nitrogens with zero attached hydrogens (tertiary/aromatic N) is 1. The summed E-state index contributed by atoms with van der Waals surface area (Å²) in [6, 6.07) is 6.67. The van der Waals surface area contributed by atoms with E-state index in [-0.39, 0.29) is 17.2 Å². The second-order valence-corrected chi connectivity index (χ2v) is 5.43. The van der Waals surface area contributed by atoms with Crippen LogP contribution in [0.25, 0.3) is 0 Å². The molecule has 1 amide bonds. The third-order valence-electron chi connectivity index (χ3n) is 4.12. The average molecular weight is 273 g/mol. The minimum atomic E-state index is -0.796. The summed E-state index contributed by atoms with van der Waals surface area (Å²) < 4.78 is 0. The van der Waals surface area contributed by atoms with E-state index >= 15 is 0 Å². The zero-order chi connectivity index (χ0) is 14.6. The van der Waals surface area contributed by atoms with Crippen molar-refractivity contribution >= 4 is 5.91 Å². The van der Waals surface area contributed by atoms with Gasteiger partial charge in [0.05, 0.1) is 6.07 Å². The van der Waals surface area contributed by atoms with Crippen LogP contribution in [0, 0.1) is 17.2 Å². The molecule has 0 aliphatic heterocycles. The van der Waals surface area contributed by atoms with Crippen LogP contribution in [0.2, 0.25) is 0 Å². The van der Waals surface area contributed by atoms with Crippen molar-refractivity contribution in [2.24, 2.45) is 5.92 Å². The Morgan fingerprint density at radius 2 is 2.20 bits per heavy atom. The summed E-state index contributed by atoms with van der Waals surface area (Å²) in [6.45, 7) is 2.15. The third kappa shape index (κ3) is 3.08. The number of carbonyl (C=O) groups is 1. The molecule has 1 aromatic heterocycles. The van der Waals surface area contributed by atoms with Gasteiger partial charge in [0.2, 0.25) is 5.56 Å². The van der Waals surface area contributed by atoms with Crippen molar-refractivity contribution in [3.63, 3.8) is 0 Å². The van der Waals surface area contributed by atoms with Crippen molar-refractivity contribution in [3.05, 3.63) is 34.2 Å². The van der Waals surface area contributed by atoms with E-state index in [0.717, 1.165) is 19.3 Å². The Hall–Kier alpha value is -2.09. The Balaban J connectivity index is 2.09. The Kier molecular flexibility index (Phi) is 4.23. The van der Waals surface area contributed by atoms with Crippen LogP contribution in [-0.2, 0) is 0 Å². The molecule has 1 aromatic rings. The van der Waals surface area contributed by atoms with Gasteiger partial charge in [0.1, 0.15) is 11.2 Å². The first-order chi connectivity index (χ1) is 9.58. The number of carbonyl (C=O) groups excluding carboxylic acids is 1. The molecule has 1 saturated carbocycles. The van der Waals surface area contributed by atoms with Crippen LogP contribution in [0.4, 0.5) is 0 Å². The lowest BCUT2D eigenvalue weighted by Crippen LogP contribution is -2.50. The van der Waals surface area contributed by atoms with Gasteiger partial charge in [-0.3, -0.25) is 9.59 Å². The van der Waals surface area contributed by atoms with E-state index in [2.05, 4.69) is 23.3 Å². The van der Waals surface area contributed by atoms with Gasteiger partial charge in [-0.15, -0.1) is 0 Å². The summed E-state index contributed by atoms with van der Waals surface area (Å²) in [6.07, 6.45) is 4.36. The summed E-state index contributed by atoms with van der Waals surface area (Å²) in [5.41, 5.74) is -0.918. The van der Waals surface area contributed by atoms with E-state index in [9.17, 15) is 14.9 Å². The van der Waals surface area contributed by atoms with Gasteiger partial charge >= 0.3 is 0 Å². The molecule has 1 aliphatic carbocycles. The molecule has 5 heteroatoms. The van der Waals surface area contributed by atoms with Gasteiger partial charge in [-0.1, -0.05) is 19.4 Å². The SMILES string of the molecule is CCC1CCC(C#N)(NC(=O)c2cccc(=O)[nH]2)CC1. The molecule has 0 saturated heterocycles. The molecular weight excluding hydrogens is 254 g/mol. The molecule has 2 N–H and O–H groups in total. The lowest BCUT2D eigenvalue weighted by atomic mass is 9.76. The van der Waals surface area contributed by atoms with Crippen LogP contribution >= 0.6 is 0 Å². The Morgan fingerprint density at radius 1 is 1.50 bits per heavy atom. The number of aromatic amines is 1. The number of aromatic nitrogens is 1. The Labute approximate surface area is 118 Å². The van der Waals surface area contributed by atoms with E-state index in [4.69, 9.17) is 0 Å². The van der Waals surface area contributed by atoms with Crippen LogP contribution < -0.4 is 10.9 Å². The smallest absolute Gasteiger partial charge is 0.269 e. The third-order valence-corrected chi connectivity index (χ3v) is 4.12. The molecule has 0 aromatic carbocycles. The average Bonchev–Trinajstić information content (AvgIpc) is 2.48. The summed E-state index contributed by atoms with van der Waals surface area (Å²) in [5, 5.41) is 12.2. The minimum absolute atomic E-state index is 0.199. The summed E-state index contributed by atoms with van der Waals surface area (Å²) >= 11 is 0. The first kappa shape index (κ1) is 14.3. The van der Waals surface area contributed by atoms with Gasteiger partial charge in [0, 0.05) is 6.07 Å². The zero-order valence-electron chi connectivity index (χ0n) is 11.6. The van der Waals surface area contributed by atoms with Crippen molar-refractivity contribution < 1.29 is 4.79 Å². The fourth-order valence-electron chi connectivity index (χ4n) is 2.71. The van der Waals surface area contributed by atoms with E-state index in [1.54, 1.807) is 6.07 Å². The maximum absolute atomic E-state index is 12.1. The number of rotatable bonds is 3. The minimum Gasteiger partial charge on any atom is -0.332 e. The number of nitrogens with one attached hydrogen (secondary N) is 2. The number of hydrogen-bond donors (Lipinski definition) is 2. The molecule has 20 heavy (non-hydrogen) atoms. The molecular formula is C15H19N3O2. The van der Waals surface area contributed by atoms with Gasteiger partial charge in [-0.2, -0.15) is 5.26 Å². The molecule has 0 radical (unpaired) electrons. The van der Waals surface area contributed by atoms with Crippen molar-refractivity contribution in [3.8, 4) is 6.07 Å². The highest BCUT2D eigenvalue weighted by atomic mass is 16.2.